The van der Waals surface area contributed by atoms with Crippen LogP contribution in [-0.4, -0.2) is 43.9 Å². The molecule has 2 aliphatic rings. The molecule has 0 bridgehead atoms. The van der Waals surface area contributed by atoms with Gasteiger partial charge in [0.1, 0.15) is 0 Å². The third kappa shape index (κ3) is 4.49. The normalized spacial score (nSPS) is 24.8. The number of carbonyl (C=O) groups is 1. The van der Waals surface area contributed by atoms with Gasteiger partial charge in [0.05, 0.1) is 6.26 Å². The molecule has 1 aliphatic carbocycles. The molecule has 138 valence electrons. The fourth-order valence-corrected chi connectivity index (χ4v) is 4.44. The van der Waals surface area contributed by atoms with Crippen LogP contribution in [0.4, 0.5) is 0 Å². The Hall–Kier alpha value is -1.24. The maximum Gasteiger partial charge on any atom is 0.211 e. The second-order valence-corrected chi connectivity index (χ2v) is 9.79. The first-order valence-electron chi connectivity index (χ1n) is 9.07. The molecular formula is C19H28N2O3S. The van der Waals surface area contributed by atoms with E-state index in [1.54, 1.807) is 0 Å². The van der Waals surface area contributed by atoms with Crippen molar-refractivity contribution in [2.24, 2.45) is 17.8 Å². The molecule has 1 aliphatic heterocycles. The van der Waals surface area contributed by atoms with Gasteiger partial charge < -0.3 is 5.32 Å². The SMILES string of the molecule is CC(C)[C@H]1CN(S(C)(=O)=O)CC1C(=O)c1ccc(CNC2CC2)cc1. The number of nitrogens with zero attached hydrogens (tertiary/aromatic N) is 1. The van der Waals surface area contributed by atoms with Gasteiger partial charge in [-0.1, -0.05) is 38.1 Å². The number of hydrogen-bond acceptors (Lipinski definition) is 4. The average Bonchev–Trinajstić information content (AvgIpc) is 3.26. The highest BCUT2D eigenvalue weighted by Gasteiger charge is 2.42. The lowest BCUT2D eigenvalue weighted by atomic mass is 9.81. The second-order valence-electron chi connectivity index (χ2n) is 7.81. The summed E-state index contributed by atoms with van der Waals surface area (Å²) in [6.07, 6.45) is 3.73. The molecule has 0 aromatic heterocycles. The highest BCUT2D eigenvalue weighted by atomic mass is 32.2. The molecule has 0 amide bonds. The van der Waals surface area contributed by atoms with Crippen molar-refractivity contribution in [3.05, 3.63) is 35.4 Å². The number of rotatable bonds is 7. The first-order chi connectivity index (χ1) is 11.8. The molecule has 1 N–H and O–H groups in total. The lowest BCUT2D eigenvalue weighted by Crippen LogP contribution is -2.28. The number of carbonyl (C=O) groups excluding carboxylic acids is 1. The highest BCUT2D eigenvalue weighted by Crippen LogP contribution is 2.33. The van der Waals surface area contributed by atoms with Crippen LogP contribution in [0.15, 0.2) is 24.3 Å². The van der Waals surface area contributed by atoms with Gasteiger partial charge in [0, 0.05) is 37.2 Å². The Labute approximate surface area is 150 Å². The van der Waals surface area contributed by atoms with Crippen molar-refractivity contribution >= 4 is 15.8 Å². The van der Waals surface area contributed by atoms with Crippen LogP contribution < -0.4 is 5.32 Å². The van der Waals surface area contributed by atoms with Gasteiger partial charge in [-0.05, 0) is 30.2 Å². The predicted molar refractivity (Wildman–Crippen MR) is 98.9 cm³/mol. The Bertz CT molecular complexity index is 724. The highest BCUT2D eigenvalue weighted by molar-refractivity contribution is 7.88. The van der Waals surface area contributed by atoms with E-state index in [-0.39, 0.29) is 23.5 Å². The van der Waals surface area contributed by atoms with Gasteiger partial charge >= 0.3 is 0 Å². The van der Waals surface area contributed by atoms with E-state index < -0.39 is 10.0 Å². The van der Waals surface area contributed by atoms with Crippen molar-refractivity contribution < 1.29 is 13.2 Å². The topological polar surface area (TPSA) is 66.5 Å². The van der Waals surface area contributed by atoms with Crippen LogP contribution in [0, 0.1) is 17.8 Å². The molecule has 1 unspecified atom stereocenters. The van der Waals surface area contributed by atoms with Crippen LogP contribution in [-0.2, 0) is 16.6 Å². The summed E-state index contributed by atoms with van der Waals surface area (Å²) in [6.45, 7) is 5.69. The van der Waals surface area contributed by atoms with Crippen molar-refractivity contribution in [2.45, 2.75) is 39.3 Å². The van der Waals surface area contributed by atoms with Crippen molar-refractivity contribution in [3.63, 3.8) is 0 Å². The van der Waals surface area contributed by atoms with Crippen molar-refractivity contribution in [3.8, 4) is 0 Å². The molecule has 1 heterocycles. The Morgan fingerprint density at radius 1 is 1.20 bits per heavy atom. The molecule has 0 radical (unpaired) electrons. The molecule has 1 aromatic carbocycles. The van der Waals surface area contributed by atoms with Crippen LogP contribution >= 0.6 is 0 Å². The first kappa shape index (κ1) is 18.5. The first-order valence-corrected chi connectivity index (χ1v) is 10.9. The molecule has 1 saturated heterocycles. The standard InChI is InChI=1S/C19H28N2O3S/c1-13(2)17-11-21(25(3,23)24)12-18(17)19(22)15-6-4-14(5-7-15)10-20-16-8-9-16/h4-7,13,16-18,20H,8-12H2,1-3H3/t17-,18?/m1/s1. The molecule has 3 rings (SSSR count). The predicted octanol–water partition coefficient (Wildman–Crippen LogP) is 2.28. The summed E-state index contributed by atoms with van der Waals surface area (Å²) in [4.78, 5) is 13.0. The molecule has 6 heteroatoms. The molecule has 1 saturated carbocycles. The van der Waals surface area contributed by atoms with E-state index >= 15 is 0 Å². The Kier molecular flexibility index (Phi) is 5.32. The van der Waals surface area contributed by atoms with E-state index in [2.05, 4.69) is 19.2 Å². The maximum absolute atomic E-state index is 13.0. The van der Waals surface area contributed by atoms with Gasteiger partial charge in [0.2, 0.25) is 10.0 Å². The third-order valence-corrected chi connectivity index (χ3v) is 6.64. The van der Waals surface area contributed by atoms with E-state index in [0.29, 0.717) is 24.7 Å². The minimum absolute atomic E-state index is 0.0616. The molecular weight excluding hydrogens is 336 g/mol. The van der Waals surface area contributed by atoms with E-state index in [4.69, 9.17) is 0 Å². The smallest absolute Gasteiger partial charge is 0.211 e. The van der Waals surface area contributed by atoms with E-state index in [9.17, 15) is 13.2 Å². The second kappa shape index (κ2) is 7.17. The molecule has 2 fully saturated rings. The van der Waals surface area contributed by atoms with Crippen LogP contribution in [0.25, 0.3) is 0 Å². The van der Waals surface area contributed by atoms with E-state index in [1.165, 1.54) is 29.0 Å². The number of nitrogens with one attached hydrogen (secondary N) is 1. The zero-order chi connectivity index (χ0) is 18.2. The van der Waals surface area contributed by atoms with Gasteiger partial charge in [-0.2, -0.15) is 0 Å². The lowest BCUT2D eigenvalue weighted by Gasteiger charge is -2.20. The maximum atomic E-state index is 13.0. The Morgan fingerprint density at radius 3 is 2.36 bits per heavy atom. The van der Waals surface area contributed by atoms with Gasteiger partial charge in [0.15, 0.2) is 5.78 Å². The summed E-state index contributed by atoms with van der Waals surface area (Å²) in [5.74, 6) is 0.137. The Morgan fingerprint density at radius 2 is 1.84 bits per heavy atom. The number of Topliss-reactive ketones (excluding diaryl/α,β-unsaturated/α-hetero) is 1. The van der Waals surface area contributed by atoms with E-state index in [1.807, 2.05) is 24.3 Å². The van der Waals surface area contributed by atoms with Crippen molar-refractivity contribution in [1.29, 1.82) is 0 Å². The van der Waals surface area contributed by atoms with E-state index in [0.717, 1.165) is 6.54 Å². The summed E-state index contributed by atoms with van der Waals surface area (Å²) in [5, 5.41) is 3.46. The summed E-state index contributed by atoms with van der Waals surface area (Å²) in [7, 11) is -3.26. The number of hydrogen-bond donors (Lipinski definition) is 1. The minimum Gasteiger partial charge on any atom is -0.310 e. The number of ketones is 1. The van der Waals surface area contributed by atoms with Gasteiger partial charge in [0.25, 0.3) is 0 Å². The van der Waals surface area contributed by atoms with Gasteiger partial charge in [-0.15, -0.1) is 0 Å². The van der Waals surface area contributed by atoms with Crippen LogP contribution in [0.5, 0.6) is 0 Å². The number of sulfonamides is 1. The summed E-state index contributed by atoms with van der Waals surface area (Å²) in [6, 6.07) is 8.42. The van der Waals surface area contributed by atoms with Gasteiger partial charge in [-0.25, -0.2) is 12.7 Å². The summed E-state index contributed by atoms with van der Waals surface area (Å²) >= 11 is 0. The van der Waals surface area contributed by atoms with Crippen LogP contribution in [0.3, 0.4) is 0 Å². The quantitative estimate of drug-likeness (QED) is 0.754. The minimum atomic E-state index is -3.26. The fourth-order valence-electron chi connectivity index (χ4n) is 3.57. The molecule has 2 atom stereocenters. The molecule has 5 nitrogen and oxygen atoms in total. The lowest BCUT2D eigenvalue weighted by molar-refractivity contribution is 0.0883. The van der Waals surface area contributed by atoms with Gasteiger partial charge in [-0.3, -0.25) is 4.79 Å². The summed E-state index contributed by atoms with van der Waals surface area (Å²) < 4.78 is 25.2. The van der Waals surface area contributed by atoms with Crippen LogP contribution in [0.2, 0.25) is 0 Å². The summed E-state index contributed by atoms with van der Waals surface area (Å²) in [5.41, 5.74) is 1.86. The largest absolute Gasteiger partial charge is 0.310 e. The van der Waals surface area contributed by atoms with Crippen molar-refractivity contribution in [1.82, 2.24) is 9.62 Å². The molecule has 1 aromatic rings. The zero-order valence-electron chi connectivity index (χ0n) is 15.2. The number of benzene rings is 1. The Balaban J connectivity index is 1.71. The molecule has 0 spiro atoms. The fraction of sp³-hybridized carbons (Fsp3) is 0.632. The van der Waals surface area contributed by atoms with Crippen molar-refractivity contribution in [2.75, 3.05) is 19.3 Å². The third-order valence-electron chi connectivity index (χ3n) is 5.40. The molecule has 25 heavy (non-hydrogen) atoms. The zero-order valence-corrected chi connectivity index (χ0v) is 16.1. The van der Waals surface area contributed by atoms with Crippen LogP contribution in [0.1, 0.15) is 42.6 Å². The monoisotopic (exact) mass is 364 g/mol. The average molecular weight is 365 g/mol.